The standard InChI is InChI=1S/C10H22N2O2/c1-4-5-6-7-12(2)10(13)9(8-11)14-3/h9H,4-8,11H2,1-3H3. The summed E-state index contributed by atoms with van der Waals surface area (Å²) in [6, 6.07) is 0. The zero-order valence-electron chi connectivity index (χ0n) is 9.45. The SMILES string of the molecule is CCCCCN(C)C(=O)C(CN)OC. The molecule has 0 aromatic carbocycles. The molecule has 1 amide bonds. The van der Waals surface area contributed by atoms with Crippen LogP contribution < -0.4 is 5.73 Å². The monoisotopic (exact) mass is 202 g/mol. The first kappa shape index (κ1) is 13.4. The molecule has 1 atom stereocenters. The Labute approximate surface area is 86.4 Å². The molecule has 0 aliphatic rings. The van der Waals surface area contributed by atoms with Gasteiger partial charge < -0.3 is 15.4 Å². The van der Waals surface area contributed by atoms with E-state index >= 15 is 0 Å². The fraction of sp³-hybridized carbons (Fsp3) is 0.900. The molecule has 0 aromatic heterocycles. The van der Waals surface area contributed by atoms with Crippen molar-refractivity contribution in [2.24, 2.45) is 5.73 Å². The predicted molar refractivity (Wildman–Crippen MR) is 57.0 cm³/mol. The highest BCUT2D eigenvalue weighted by Crippen LogP contribution is 2.00. The first-order valence-corrected chi connectivity index (χ1v) is 5.15. The van der Waals surface area contributed by atoms with Crippen LogP contribution in [0, 0.1) is 0 Å². The van der Waals surface area contributed by atoms with Gasteiger partial charge in [-0.3, -0.25) is 4.79 Å². The third-order valence-electron chi connectivity index (χ3n) is 2.25. The van der Waals surface area contributed by atoms with E-state index in [-0.39, 0.29) is 12.5 Å². The van der Waals surface area contributed by atoms with Crippen LogP contribution in [0.1, 0.15) is 26.2 Å². The highest BCUT2D eigenvalue weighted by molar-refractivity contribution is 5.80. The number of hydrogen-bond donors (Lipinski definition) is 1. The second-order valence-corrected chi connectivity index (χ2v) is 3.43. The normalized spacial score (nSPS) is 12.6. The minimum atomic E-state index is -0.485. The van der Waals surface area contributed by atoms with Crippen LogP contribution in [0.2, 0.25) is 0 Å². The number of ether oxygens (including phenoxy) is 1. The predicted octanol–water partition coefficient (Wildman–Crippen LogP) is 0.609. The Morgan fingerprint density at radius 3 is 2.57 bits per heavy atom. The number of amides is 1. The number of methoxy groups -OCH3 is 1. The summed E-state index contributed by atoms with van der Waals surface area (Å²) in [6.45, 7) is 3.17. The molecule has 14 heavy (non-hydrogen) atoms. The molecule has 4 nitrogen and oxygen atoms in total. The highest BCUT2D eigenvalue weighted by Gasteiger charge is 2.19. The van der Waals surface area contributed by atoms with E-state index < -0.39 is 6.10 Å². The molecule has 0 bridgehead atoms. The number of nitrogens with two attached hydrogens (primary N) is 1. The van der Waals surface area contributed by atoms with E-state index in [2.05, 4.69) is 6.92 Å². The van der Waals surface area contributed by atoms with Gasteiger partial charge in [-0.1, -0.05) is 19.8 Å². The quantitative estimate of drug-likeness (QED) is 0.615. The van der Waals surface area contributed by atoms with Crippen molar-refractivity contribution in [2.45, 2.75) is 32.3 Å². The fourth-order valence-electron chi connectivity index (χ4n) is 1.25. The molecule has 0 radical (unpaired) electrons. The van der Waals surface area contributed by atoms with Crippen LogP contribution in [-0.2, 0) is 9.53 Å². The summed E-state index contributed by atoms with van der Waals surface area (Å²) in [5.74, 6) is -0.0221. The van der Waals surface area contributed by atoms with Crippen LogP contribution in [-0.4, -0.2) is 44.2 Å². The Kier molecular flexibility index (Phi) is 7.42. The minimum absolute atomic E-state index is 0.0221. The molecular weight excluding hydrogens is 180 g/mol. The van der Waals surface area contributed by atoms with Gasteiger partial charge in [0.15, 0.2) is 0 Å². The Bertz CT molecular complexity index is 158. The van der Waals surface area contributed by atoms with E-state index in [1.54, 1.807) is 11.9 Å². The zero-order valence-corrected chi connectivity index (χ0v) is 9.45. The van der Waals surface area contributed by atoms with E-state index in [4.69, 9.17) is 10.5 Å². The van der Waals surface area contributed by atoms with Crippen molar-refractivity contribution in [3.8, 4) is 0 Å². The third-order valence-corrected chi connectivity index (χ3v) is 2.25. The second kappa shape index (κ2) is 7.76. The van der Waals surface area contributed by atoms with Gasteiger partial charge in [0, 0.05) is 27.2 Å². The van der Waals surface area contributed by atoms with E-state index in [9.17, 15) is 4.79 Å². The third kappa shape index (κ3) is 4.58. The fourth-order valence-corrected chi connectivity index (χ4v) is 1.25. The van der Waals surface area contributed by atoms with Gasteiger partial charge in [0.1, 0.15) is 6.10 Å². The molecule has 0 aliphatic heterocycles. The van der Waals surface area contributed by atoms with Crippen LogP contribution in [0.3, 0.4) is 0 Å². The number of likely N-dealkylation sites (N-methyl/N-ethyl adjacent to an activating group) is 1. The Hall–Kier alpha value is -0.610. The molecule has 0 aromatic rings. The number of unbranched alkanes of at least 4 members (excludes halogenated alkanes) is 2. The maximum absolute atomic E-state index is 11.6. The number of hydrogen-bond acceptors (Lipinski definition) is 3. The van der Waals surface area contributed by atoms with Gasteiger partial charge in [-0.15, -0.1) is 0 Å². The van der Waals surface area contributed by atoms with Crippen LogP contribution in [0.5, 0.6) is 0 Å². The maximum atomic E-state index is 11.6. The van der Waals surface area contributed by atoms with Crippen LogP contribution in [0.4, 0.5) is 0 Å². The first-order valence-electron chi connectivity index (χ1n) is 5.15. The number of rotatable bonds is 7. The van der Waals surface area contributed by atoms with E-state index in [0.29, 0.717) is 0 Å². The minimum Gasteiger partial charge on any atom is -0.370 e. The van der Waals surface area contributed by atoms with Crippen molar-refractivity contribution in [1.82, 2.24) is 4.90 Å². The molecule has 0 heterocycles. The Morgan fingerprint density at radius 2 is 2.14 bits per heavy atom. The molecule has 2 N–H and O–H groups in total. The van der Waals surface area contributed by atoms with E-state index in [0.717, 1.165) is 25.8 Å². The summed E-state index contributed by atoms with van der Waals surface area (Å²) < 4.78 is 4.97. The Balaban J connectivity index is 3.84. The lowest BCUT2D eigenvalue weighted by atomic mass is 10.2. The van der Waals surface area contributed by atoms with Crippen molar-refractivity contribution >= 4 is 5.91 Å². The first-order chi connectivity index (χ1) is 6.67. The Morgan fingerprint density at radius 1 is 1.50 bits per heavy atom. The van der Waals surface area contributed by atoms with Gasteiger partial charge in [0.25, 0.3) is 5.91 Å². The van der Waals surface area contributed by atoms with Gasteiger partial charge >= 0.3 is 0 Å². The number of carbonyl (C=O) groups is 1. The maximum Gasteiger partial charge on any atom is 0.252 e. The number of nitrogens with zero attached hydrogens (tertiary/aromatic N) is 1. The van der Waals surface area contributed by atoms with Gasteiger partial charge in [0.05, 0.1) is 0 Å². The average molecular weight is 202 g/mol. The summed E-state index contributed by atoms with van der Waals surface area (Å²) in [4.78, 5) is 13.3. The van der Waals surface area contributed by atoms with Crippen molar-refractivity contribution in [3.05, 3.63) is 0 Å². The highest BCUT2D eigenvalue weighted by atomic mass is 16.5. The van der Waals surface area contributed by atoms with E-state index in [1.807, 2.05) is 0 Å². The lowest BCUT2D eigenvalue weighted by Gasteiger charge is -2.21. The molecule has 0 rings (SSSR count). The molecule has 0 aliphatic carbocycles. The summed E-state index contributed by atoms with van der Waals surface area (Å²) in [7, 11) is 3.30. The lowest BCUT2D eigenvalue weighted by Crippen LogP contribution is -2.42. The molecule has 84 valence electrons. The van der Waals surface area contributed by atoms with E-state index in [1.165, 1.54) is 7.11 Å². The largest absolute Gasteiger partial charge is 0.370 e. The van der Waals surface area contributed by atoms with Gasteiger partial charge in [-0.05, 0) is 6.42 Å². The molecule has 0 saturated heterocycles. The van der Waals surface area contributed by atoms with Crippen LogP contribution >= 0.6 is 0 Å². The summed E-state index contributed by atoms with van der Waals surface area (Å²) >= 11 is 0. The van der Waals surface area contributed by atoms with Crippen LogP contribution in [0.15, 0.2) is 0 Å². The van der Waals surface area contributed by atoms with Crippen molar-refractivity contribution in [3.63, 3.8) is 0 Å². The summed E-state index contributed by atoms with van der Waals surface area (Å²) in [6.07, 6.45) is 2.87. The molecule has 1 unspecified atom stereocenters. The molecular formula is C10H22N2O2. The summed E-state index contributed by atoms with van der Waals surface area (Å²) in [5, 5.41) is 0. The smallest absolute Gasteiger partial charge is 0.252 e. The van der Waals surface area contributed by atoms with Crippen molar-refractivity contribution < 1.29 is 9.53 Å². The second-order valence-electron chi connectivity index (χ2n) is 3.43. The lowest BCUT2D eigenvalue weighted by molar-refractivity contribution is -0.140. The zero-order chi connectivity index (χ0) is 11.0. The average Bonchev–Trinajstić information content (AvgIpc) is 2.19. The van der Waals surface area contributed by atoms with Gasteiger partial charge in [0.2, 0.25) is 0 Å². The molecule has 0 spiro atoms. The van der Waals surface area contributed by atoms with Gasteiger partial charge in [-0.25, -0.2) is 0 Å². The number of carbonyl (C=O) groups excluding carboxylic acids is 1. The molecule has 0 saturated carbocycles. The van der Waals surface area contributed by atoms with Crippen molar-refractivity contribution in [1.29, 1.82) is 0 Å². The summed E-state index contributed by atoms with van der Waals surface area (Å²) in [5.41, 5.74) is 5.40. The van der Waals surface area contributed by atoms with Crippen LogP contribution in [0.25, 0.3) is 0 Å². The molecule has 0 fully saturated rings. The van der Waals surface area contributed by atoms with Gasteiger partial charge in [-0.2, -0.15) is 0 Å². The topological polar surface area (TPSA) is 55.6 Å². The van der Waals surface area contributed by atoms with Crippen molar-refractivity contribution in [2.75, 3.05) is 27.2 Å². The molecule has 4 heteroatoms.